The topological polar surface area (TPSA) is 57.5 Å². The Hall–Kier alpha value is -0.830. The molecule has 0 heterocycles. The largest absolute Gasteiger partial charge is 0.481 e. The van der Waals surface area contributed by atoms with Crippen LogP contribution in [0.4, 0.5) is 0 Å². The van der Waals surface area contributed by atoms with Crippen molar-refractivity contribution in [2.24, 2.45) is 51.2 Å². The van der Waals surface area contributed by atoms with Crippen LogP contribution in [0.25, 0.3) is 0 Å². The minimum absolute atomic E-state index is 0.0948. The van der Waals surface area contributed by atoms with Crippen molar-refractivity contribution >= 4 is 5.97 Å². The zero-order valence-electron chi connectivity index (χ0n) is 22.4. The molecule has 4 aliphatic carbocycles. The van der Waals surface area contributed by atoms with Crippen LogP contribution in [-0.2, 0) is 4.79 Å². The molecule has 0 amide bonds. The summed E-state index contributed by atoms with van der Waals surface area (Å²) in [6.07, 6.45) is 12.7. The van der Waals surface area contributed by atoms with E-state index in [0.717, 1.165) is 50.9 Å². The van der Waals surface area contributed by atoms with Crippen LogP contribution in [0.5, 0.6) is 0 Å². The zero-order valence-corrected chi connectivity index (χ0v) is 22.4. The first-order chi connectivity index (χ1) is 15.3. The average molecular weight is 459 g/mol. The fraction of sp³-hybridized carbons (Fsp3) is 0.900. The Labute approximate surface area is 202 Å². The summed E-state index contributed by atoms with van der Waals surface area (Å²) in [5.74, 6) is 2.03. The minimum Gasteiger partial charge on any atom is -0.481 e. The van der Waals surface area contributed by atoms with Crippen molar-refractivity contribution in [2.45, 2.75) is 119 Å². The van der Waals surface area contributed by atoms with Gasteiger partial charge >= 0.3 is 5.97 Å². The lowest BCUT2D eigenvalue weighted by Gasteiger charge is -2.63. The number of allylic oxidation sites excluding steroid dienone is 1. The third kappa shape index (κ3) is 3.49. The summed E-state index contributed by atoms with van der Waals surface area (Å²) >= 11 is 0. The molecule has 0 aromatic heterocycles. The van der Waals surface area contributed by atoms with Gasteiger partial charge < -0.3 is 10.2 Å². The Morgan fingerprint density at radius 2 is 1.73 bits per heavy atom. The van der Waals surface area contributed by atoms with Gasteiger partial charge in [-0.1, -0.05) is 79.4 Å². The van der Waals surface area contributed by atoms with Crippen LogP contribution < -0.4 is 0 Å². The maximum atomic E-state index is 13.3. The molecule has 0 aromatic carbocycles. The number of carboxylic acids is 1. The van der Waals surface area contributed by atoms with E-state index in [1.54, 1.807) is 0 Å². The Balaban J connectivity index is 1.69. The first kappa shape index (κ1) is 25.3. The summed E-state index contributed by atoms with van der Waals surface area (Å²) in [5, 5.41) is 21.7. The second kappa shape index (κ2) is 8.38. The molecule has 8 atom stereocenters. The van der Waals surface area contributed by atoms with E-state index >= 15 is 0 Å². The van der Waals surface area contributed by atoms with Gasteiger partial charge in [-0.05, 0) is 90.8 Å². The van der Waals surface area contributed by atoms with Gasteiger partial charge in [-0.15, -0.1) is 0 Å². The average Bonchev–Trinajstić information content (AvgIpc) is 3.05. The molecular weight excluding hydrogens is 408 g/mol. The van der Waals surface area contributed by atoms with Gasteiger partial charge in [0, 0.05) is 0 Å². The summed E-state index contributed by atoms with van der Waals surface area (Å²) in [6, 6.07) is 0. The Morgan fingerprint density at radius 1 is 1.03 bits per heavy atom. The third-order valence-electron chi connectivity index (χ3n) is 11.8. The first-order valence-electron chi connectivity index (χ1n) is 13.9. The summed E-state index contributed by atoms with van der Waals surface area (Å²) in [4.78, 5) is 13.3. The molecule has 0 saturated heterocycles. The van der Waals surface area contributed by atoms with E-state index in [2.05, 4.69) is 54.5 Å². The lowest BCUT2D eigenvalue weighted by molar-refractivity contribution is -0.165. The Bertz CT molecular complexity index is 796. The van der Waals surface area contributed by atoms with Gasteiger partial charge in [-0.2, -0.15) is 0 Å². The minimum atomic E-state index is -0.693. The highest BCUT2D eigenvalue weighted by atomic mass is 16.4. The van der Waals surface area contributed by atoms with Gasteiger partial charge in [-0.25, -0.2) is 0 Å². The number of hydrogen-bond acceptors (Lipinski definition) is 2. The van der Waals surface area contributed by atoms with E-state index in [0.29, 0.717) is 23.7 Å². The quantitative estimate of drug-likeness (QED) is 0.406. The van der Waals surface area contributed by atoms with Gasteiger partial charge in [0.25, 0.3) is 0 Å². The molecule has 0 aliphatic heterocycles. The summed E-state index contributed by atoms with van der Waals surface area (Å²) in [6.45, 7) is 16.3. The first-order valence-corrected chi connectivity index (χ1v) is 13.9. The van der Waals surface area contributed by atoms with Crippen LogP contribution in [0.1, 0.15) is 113 Å². The fourth-order valence-electron chi connectivity index (χ4n) is 9.81. The number of fused-ring (bicyclic) bond motifs is 5. The lowest BCUT2D eigenvalue weighted by Crippen LogP contribution is -2.60. The number of hydrogen-bond donors (Lipinski definition) is 2. The Kier molecular flexibility index (Phi) is 6.42. The number of aliphatic hydroxyl groups excluding tert-OH is 1. The monoisotopic (exact) mass is 458 g/mol. The van der Waals surface area contributed by atoms with Crippen LogP contribution in [0.15, 0.2) is 11.6 Å². The molecule has 0 radical (unpaired) electrons. The number of aliphatic carboxylic acids is 1. The molecule has 0 bridgehead atoms. The molecule has 3 heteroatoms. The maximum Gasteiger partial charge on any atom is 0.314 e. The molecule has 3 saturated carbocycles. The van der Waals surface area contributed by atoms with Crippen molar-refractivity contribution in [3.8, 4) is 0 Å². The standard InChI is InChI=1S/C30H50O3/c1-19(2)9-8-10-20(3)21-14-18-30(26(32)33)23-11-12-24-27(4,5)25(31)15-16-28(24,6)22(23)13-17-29(21,30)7/h11,19-22,24-25,31H,8-10,12-18H2,1-7H3,(H,32,33)/t20?,21-,22?,24?,25+,28-,29-,30+/m1/s1. The van der Waals surface area contributed by atoms with Crippen LogP contribution in [0.2, 0.25) is 0 Å². The summed E-state index contributed by atoms with van der Waals surface area (Å²) in [7, 11) is 0. The zero-order chi connectivity index (χ0) is 24.4. The van der Waals surface area contributed by atoms with Crippen molar-refractivity contribution in [3.63, 3.8) is 0 Å². The molecule has 3 fully saturated rings. The molecule has 0 spiro atoms. The molecular formula is C30H50O3. The second-order valence-corrected chi connectivity index (χ2v) is 14.0. The second-order valence-electron chi connectivity index (χ2n) is 14.0. The van der Waals surface area contributed by atoms with Gasteiger partial charge in [0.2, 0.25) is 0 Å². The molecule has 2 N–H and O–H groups in total. The van der Waals surface area contributed by atoms with Gasteiger partial charge in [0.05, 0.1) is 11.5 Å². The van der Waals surface area contributed by atoms with Crippen molar-refractivity contribution < 1.29 is 15.0 Å². The van der Waals surface area contributed by atoms with E-state index in [1.807, 2.05) is 0 Å². The molecule has 3 nitrogen and oxygen atoms in total. The van der Waals surface area contributed by atoms with E-state index in [9.17, 15) is 15.0 Å². The van der Waals surface area contributed by atoms with Gasteiger partial charge in [0.15, 0.2) is 0 Å². The van der Waals surface area contributed by atoms with Crippen LogP contribution in [0.3, 0.4) is 0 Å². The summed E-state index contributed by atoms with van der Waals surface area (Å²) in [5.41, 5.74) is 0.422. The number of carbonyl (C=O) groups is 1. The smallest absolute Gasteiger partial charge is 0.314 e. The molecule has 4 rings (SSSR count). The van der Waals surface area contributed by atoms with Crippen molar-refractivity contribution in [3.05, 3.63) is 11.6 Å². The number of aliphatic hydroxyl groups is 1. The van der Waals surface area contributed by atoms with E-state index in [-0.39, 0.29) is 22.3 Å². The van der Waals surface area contributed by atoms with E-state index < -0.39 is 11.4 Å². The molecule has 0 aromatic rings. The SMILES string of the molecule is CC(C)CCCC(C)[C@H]1CC[C@@]2(C(=O)O)C3=CCC4C(C)(C)[C@@H](O)CC[C@]4(C)C3CC[C@]12C. The van der Waals surface area contributed by atoms with Crippen LogP contribution >= 0.6 is 0 Å². The third-order valence-corrected chi connectivity index (χ3v) is 11.8. The van der Waals surface area contributed by atoms with Crippen LogP contribution in [-0.4, -0.2) is 22.3 Å². The Morgan fingerprint density at radius 3 is 2.36 bits per heavy atom. The highest BCUT2D eigenvalue weighted by Gasteiger charge is 2.69. The highest BCUT2D eigenvalue weighted by Crippen LogP contribution is 2.73. The highest BCUT2D eigenvalue weighted by molar-refractivity contribution is 5.81. The van der Waals surface area contributed by atoms with E-state index in [1.165, 1.54) is 24.8 Å². The van der Waals surface area contributed by atoms with Crippen molar-refractivity contribution in [2.75, 3.05) is 0 Å². The number of rotatable bonds is 6. The molecule has 3 unspecified atom stereocenters. The normalized spacial score (nSPS) is 45.1. The van der Waals surface area contributed by atoms with Gasteiger partial charge in [0.1, 0.15) is 0 Å². The van der Waals surface area contributed by atoms with Crippen molar-refractivity contribution in [1.29, 1.82) is 0 Å². The predicted molar refractivity (Wildman–Crippen MR) is 135 cm³/mol. The maximum absolute atomic E-state index is 13.3. The lowest BCUT2D eigenvalue weighted by atomic mass is 9.40. The molecule has 188 valence electrons. The number of carboxylic acid groups (broad SMARTS) is 1. The predicted octanol–water partition coefficient (Wildman–Crippen LogP) is 7.48. The van der Waals surface area contributed by atoms with Gasteiger partial charge in [-0.3, -0.25) is 4.79 Å². The fourth-order valence-corrected chi connectivity index (χ4v) is 9.81. The molecule has 4 aliphatic rings. The molecule has 33 heavy (non-hydrogen) atoms. The van der Waals surface area contributed by atoms with Crippen molar-refractivity contribution in [1.82, 2.24) is 0 Å². The summed E-state index contributed by atoms with van der Waals surface area (Å²) < 4.78 is 0. The van der Waals surface area contributed by atoms with E-state index in [4.69, 9.17) is 0 Å². The van der Waals surface area contributed by atoms with Crippen LogP contribution in [0, 0.1) is 51.2 Å².